The highest BCUT2D eigenvalue weighted by atomic mass is 35.5. The van der Waals surface area contributed by atoms with E-state index >= 15 is 0 Å². The summed E-state index contributed by atoms with van der Waals surface area (Å²) < 4.78 is 26.7. The fourth-order valence-electron chi connectivity index (χ4n) is 9.34. The number of pyridine rings is 1. The van der Waals surface area contributed by atoms with Crippen molar-refractivity contribution in [1.29, 1.82) is 0 Å². The van der Waals surface area contributed by atoms with E-state index in [-0.39, 0.29) is 60.5 Å². The van der Waals surface area contributed by atoms with Gasteiger partial charge in [-0.1, -0.05) is 29.8 Å². The molecule has 2 saturated heterocycles. The van der Waals surface area contributed by atoms with Crippen molar-refractivity contribution in [1.82, 2.24) is 40.6 Å². The lowest BCUT2D eigenvalue weighted by atomic mass is 9.68. The second kappa shape index (κ2) is 22.8. The monoisotopic (exact) mass is 960 g/mol. The van der Waals surface area contributed by atoms with E-state index in [1.165, 1.54) is 22.3 Å². The number of carbonyl (C=O) groups excluding carboxylic acids is 4. The van der Waals surface area contributed by atoms with E-state index < -0.39 is 29.4 Å². The van der Waals surface area contributed by atoms with E-state index in [1.807, 2.05) is 23.6 Å². The van der Waals surface area contributed by atoms with Gasteiger partial charge in [0.15, 0.2) is 16.7 Å². The van der Waals surface area contributed by atoms with Gasteiger partial charge in [-0.3, -0.25) is 39.6 Å². The van der Waals surface area contributed by atoms with Crippen LogP contribution in [0.15, 0.2) is 66.2 Å². The van der Waals surface area contributed by atoms with Crippen molar-refractivity contribution in [2.75, 3.05) is 82.8 Å². The molecule has 17 nitrogen and oxygen atoms in total. The molecule has 0 bridgehead atoms. The minimum absolute atomic E-state index is 0.0249. The minimum Gasteiger partial charge on any atom is -0.487 e. The number of aliphatic hydroxyl groups excluding tert-OH is 1. The lowest BCUT2D eigenvalue weighted by molar-refractivity contribution is -0.137. The maximum Gasteiger partial charge on any atom is 0.255 e. The molecule has 67 heavy (non-hydrogen) atoms. The van der Waals surface area contributed by atoms with Crippen molar-refractivity contribution < 1.29 is 38.1 Å². The SMILES string of the molecule is O=C1CCC(N2Cc3c(NC(=O)CNCCOCCN4CCN(CCNC(O)C5(Cc6cccc(Nc7nccs7)n6)CCC(Oc6cccc(Cl)c6F)CC5)CC4)cccc3C2=O)C(=O)N1. The summed E-state index contributed by atoms with van der Waals surface area (Å²) in [5, 5.41) is 29.6. The fourth-order valence-corrected chi connectivity index (χ4v) is 10.0. The zero-order valence-corrected chi connectivity index (χ0v) is 38.9. The lowest BCUT2D eigenvalue weighted by Crippen LogP contribution is -2.53. The van der Waals surface area contributed by atoms with Gasteiger partial charge < -0.3 is 35.4 Å². The summed E-state index contributed by atoms with van der Waals surface area (Å²) in [5.41, 5.74) is 1.95. The molecule has 2 unspecified atom stereocenters. The van der Waals surface area contributed by atoms with Gasteiger partial charge in [-0.2, -0.15) is 0 Å². The number of aliphatic hydroxyl groups is 1. The molecule has 8 rings (SSSR count). The molecule has 0 spiro atoms. The summed E-state index contributed by atoms with van der Waals surface area (Å²) in [4.78, 5) is 65.4. The molecule has 3 aliphatic heterocycles. The molecule has 2 aromatic heterocycles. The van der Waals surface area contributed by atoms with Crippen LogP contribution >= 0.6 is 22.9 Å². The largest absolute Gasteiger partial charge is 0.487 e. The quantitative estimate of drug-likeness (QED) is 0.0395. The van der Waals surface area contributed by atoms with Crippen LogP contribution in [0.3, 0.4) is 0 Å². The minimum atomic E-state index is -0.799. The maximum atomic E-state index is 14.7. The standard InChI is InChI=1S/C47H58ClFN10O7S/c48-35-6-3-8-38(42(35)49)66-32-12-14-47(15-13-32,28-31-4-1-9-39(53-31)55-46-52-18-27-67-46)45(64)51-16-19-57-20-22-58(23-21-57)24-26-65-25-17-50-29-41(61)54-36-7-2-5-33-34(36)30-59(44(33)63)37-10-11-40(60)56-43(37)62/h1-9,18,27,32,37,45,50-51,64H,10-17,19-26,28-30H2,(H,54,61)(H,52,53,55)(H,56,60,62). The molecule has 0 radical (unpaired) electrons. The number of fused-ring (bicyclic) bond motifs is 1. The van der Waals surface area contributed by atoms with Gasteiger partial charge in [0.25, 0.3) is 5.91 Å². The third-order valence-electron chi connectivity index (χ3n) is 13.1. The highest BCUT2D eigenvalue weighted by Crippen LogP contribution is 2.43. The van der Waals surface area contributed by atoms with Crippen molar-refractivity contribution >= 4 is 63.2 Å². The highest BCUT2D eigenvalue weighted by molar-refractivity contribution is 7.13. The van der Waals surface area contributed by atoms with Gasteiger partial charge in [-0.25, -0.2) is 14.4 Å². The summed E-state index contributed by atoms with van der Waals surface area (Å²) in [6.45, 7) is 7.53. The number of thiazole rings is 1. The van der Waals surface area contributed by atoms with Gasteiger partial charge in [0.1, 0.15) is 18.1 Å². The van der Waals surface area contributed by atoms with Crippen LogP contribution in [0.2, 0.25) is 5.02 Å². The van der Waals surface area contributed by atoms with Crippen LogP contribution in [-0.4, -0.2) is 144 Å². The van der Waals surface area contributed by atoms with Crippen LogP contribution in [0.5, 0.6) is 5.75 Å². The molecule has 1 aliphatic carbocycles. The number of hydrogen-bond donors (Lipinski definition) is 6. The van der Waals surface area contributed by atoms with E-state index in [1.54, 1.807) is 36.5 Å². The molecular weight excluding hydrogens is 903 g/mol. The Kier molecular flexibility index (Phi) is 16.4. The average molecular weight is 962 g/mol. The number of aromatic nitrogens is 2. The number of rotatable bonds is 21. The summed E-state index contributed by atoms with van der Waals surface area (Å²) >= 11 is 7.52. The number of benzene rings is 2. The van der Waals surface area contributed by atoms with Crippen LogP contribution in [0, 0.1) is 11.2 Å². The van der Waals surface area contributed by atoms with E-state index in [4.69, 9.17) is 26.1 Å². The van der Waals surface area contributed by atoms with Gasteiger partial charge >= 0.3 is 0 Å². The summed E-state index contributed by atoms with van der Waals surface area (Å²) in [6.07, 6.45) is 4.31. The Morgan fingerprint density at radius 2 is 1.76 bits per heavy atom. The molecule has 2 aromatic carbocycles. The van der Waals surface area contributed by atoms with Crippen LogP contribution in [0.25, 0.3) is 0 Å². The predicted octanol–water partition coefficient (Wildman–Crippen LogP) is 4.16. The molecule has 1 saturated carbocycles. The van der Waals surface area contributed by atoms with Gasteiger partial charge in [0.05, 0.1) is 30.9 Å². The van der Waals surface area contributed by atoms with Crippen LogP contribution in [-0.2, 0) is 32.1 Å². The number of nitrogens with one attached hydrogen (secondary N) is 5. The molecule has 4 aromatic rings. The first kappa shape index (κ1) is 48.3. The number of halogens is 2. The van der Waals surface area contributed by atoms with Crippen molar-refractivity contribution in [3.63, 3.8) is 0 Å². The number of piperidine rings is 1. The Balaban J connectivity index is 0.724. The Bertz CT molecular complexity index is 2350. The molecule has 5 heterocycles. The highest BCUT2D eigenvalue weighted by Gasteiger charge is 2.43. The molecule has 6 N–H and O–H groups in total. The first-order chi connectivity index (χ1) is 32.5. The molecule has 358 valence electrons. The fraction of sp³-hybridized carbons (Fsp3) is 0.489. The molecule has 20 heteroatoms. The van der Waals surface area contributed by atoms with Gasteiger partial charge in [0, 0.05) is 105 Å². The first-order valence-corrected chi connectivity index (χ1v) is 24.2. The van der Waals surface area contributed by atoms with Crippen LogP contribution < -0.4 is 31.3 Å². The second-order valence-corrected chi connectivity index (χ2v) is 18.8. The van der Waals surface area contributed by atoms with Crippen molar-refractivity contribution in [2.24, 2.45) is 5.41 Å². The number of imide groups is 1. The van der Waals surface area contributed by atoms with E-state index in [9.17, 15) is 28.7 Å². The topological polar surface area (TPSA) is 203 Å². The van der Waals surface area contributed by atoms with Gasteiger partial charge in [0.2, 0.25) is 17.7 Å². The van der Waals surface area contributed by atoms with E-state index in [0.29, 0.717) is 81.0 Å². The first-order valence-electron chi connectivity index (χ1n) is 23.0. The smallest absolute Gasteiger partial charge is 0.255 e. The molecule has 4 amide bonds. The lowest BCUT2D eigenvalue weighted by Gasteiger charge is -2.44. The number of nitrogens with zero attached hydrogens (tertiary/aromatic N) is 5. The number of piperazine rings is 1. The van der Waals surface area contributed by atoms with Crippen molar-refractivity contribution in [3.8, 4) is 5.75 Å². The molecule has 2 atom stereocenters. The summed E-state index contributed by atoms with van der Waals surface area (Å²) in [6, 6.07) is 15.0. The zero-order valence-electron chi connectivity index (χ0n) is 37.3. The van der Waals surface area contributed by atoms with Gasteiger partial charge in [-0.05, 0) is 74.9 Å². The van der Waals surface area contributed by atoms with Gasteiger partial charge in [-0.15, -0.1) is 11.3 Å². The Morgan fingerprint density at radius 1 is 0.985 bits per heavy atom. The Labute approximate surface area is 398 Å². The summed E-state index contributed by atoms with van der Waals surface area (Å²) in [5.74, 6) is -1.10. The average Bonchev–Trinajstić information content (AvgIpc) is 3.96. The third kappa shape index (κ3) is 12.5. The molecular formula is C47H58ClFN10O7S. The van der Waals surface area contributed by atoms with Crippen LogP contribution in [0.1, 0.15) is 60.1 Å². The van der Waals surface area contributed by atoms with Crippen molar-refractivity contribution in [2.45, 2.75) is 69.9 Å². The number of anilines is 3. The number of ether oxygens (including phenoxy) is 2. The molecule has 4 aliphatic rings. The third-order valence-corrected chi connectivity index (χ3v) is 14.1. The second-order valence-electron chi connectivity index (χ2n) is 17.5. The van der Waals surface area contributed by atoms with E-state index in [2.05, 4.69) is 41.4 Å². The van der Waals surface area contributed by atoms with Crippen molar-refractivity contribution in [3.05, 3.63) is 93.8 Å². The Hall–Kier alpha value is -5.12. The number of hydrogen-bond acceptors (Lipinski definition) is 15. The Morgan fingerprint density at radius 3 is 2.54 bits per heavy atom. The predicted molar refractivity (Wildman–Crippen MR) is 252 cm³/mol. The molecule has 3 fully saturated rings. The zero-order chi connectivity index (χ0) is 46.8. The number of carbonyl (C=O) groups is 4. The maximum absolute atomic E-state index is 14.7. The normalized spacial score (nSPS) is 21.8. The number of amides is 4. The van der Waals surface area contributed by atoms with E-state index in [0.717, 1.165) is 50.1 Å². The van der Waals surface area contributed by atoms with Crippen LogP contribution in [0.4, 0.5) is 21.0 Å². The summed E-state index contributed by atoms with van der Waals surface area (Å²) in [7, 11) is 0.